The summed E-state index contributed by atoms with van der Waals surface area (Å²) in [6.07, 6.45) is 0. The predicted molar refractivity (Wildman–Crippen MR) is 84.0 cm³/mol. The van der Waals surface area contributed by atoms with Gasteiger partial charge in [0.05, 0.1) is 5.69 Å². The largest absolute Gasteiger partial charge is 0.397 e. The Hall–Kier alpha value is -2.68. The first kappa shape index (κ1) is 12.4. The molecule has 2 N–H and O–H groups in total. The molecule has 0 saturated carbocycles. The van der Waals surface area contributed by atoms with Crippen molar-refractivity contribution in [3.8, 4) is 11.1 Å². The zero-order chi connectivity index (χ0) is 14.1. The minimum absolute atomic E-state index is 0.312. The fourth-order valence-corrected chi connectivity index (χ4v) is 2.57. The topological polar surface area (TPSA) is 55.4 Å². The number of nitrogen functional groups attached to an aromatic ring is 1. The van der Waals surface area contributed by atoms with Gasteiger partial charge >= 0.3 is 0 Å². The van der Waals surface area contributed by atoms with Gasteiger partial charge in [-0.1, -0.05) is 42.5 Å². The Kier molecular flexibility index (Phi) is 2.95. The van der Waals surface area contributed by atoms with Crippen molar-refractivity contribution in [1.82, 2.24) is 0 Å². The number of hydrogen-bond acceptors (Lipinski definition) is 3. The molecule has 0 aliphatic rings. The van der Waals surface area contributed by atoms with E-state index in [9.17, 15) is 4.91 Å². The molecule has 0 saturated heterocycles. The van der Waals surface area contributed by atoms with Gasteiger partial charge in [-0.2, -0.15) is 0 Å². The summed E-state index contributed by atoms with van der Waals surface area (Å²) in [7, 11) is 0. The highest BCUT2D eigenvalue weighted by Gasteiger charge is 2.12. The molecule has 0 spiro atoms. The van der Waals surface area contributed by atoms with Crippen LogP contribution in [0.25, 0.3) is 21.9 Å². The molecule has 3 aromatic carbocycles. The van der Waals surface area contributed by atoms with Crippen LogP contribution in [0.1, 0.15) is 5.56 Å². The van der Waals surface area contributed by atoms with E-state index in [1.165, 1.54) is 0 Å². The van der Waals surface area contributed by atoms with E-state index in [1.54, 1.807) is 6.07 Å². The third kappa shape index (κ3) is 1.93. The molecule has 0 heterocycles. The van der Waals surface area contributed by atoms with Gasteiger partial charge in [0, 0.05) is 5.56 Å². The maximum Gasteiger partial charge on any atom is 0.138 e. The number of nitroso groups, excluding NO2 is 1. The van der Waals surface area contributed by atoms with E-state index in [2.05, 4.69) is 5.18 Å². The molecular formula is C17H14N2O. The summed E-state index contributed by atoms with van der Waals surface area (Å²) < 4.78 is 0. The zero-order valence-electron chi connectivity index (χ0n) is 11.1. The smallest absolute Gasteiger partial charge is 0.138 e. The van der Waals surface area contributed by atoms with Gasteiger partial charge in [-0.3, -0.25) is 0 Å². The minimum Gasteiger partial charge on any atom is -0.397 e. The number of anilines is 1. The first-order chi connectivity index (χ1) is 9.70. The second kappa shape index (κ2) is 4.78. The Balaban J connectivity index is 2.39. The average molecular weight is 262 g/mol. The van der Waals surface area contributed by atoms with E-state index in [1.807, 2.05) is 55.5 Å². The predicted octanol–water partition coefficient (Wildman–Crippen LogP) is 4.80. The number of nitrogens with zero attached hydrogens (tertiary/aromatic N) is 1. The number of nitrogens with two attached hydrogens (primary N) is 1. The Morgan fingerprint density at radius 2 is 1.70 bits per heavy atom. The van der Waals surface area contributed by atoms with Crippen LogP contribution in [0.4, 0.5) is 11.4 Å². The molecule has 0 aliphatic heterocycles. The summed E-state index contributed by atoms with van der Waals surface area (Å²) in [6.45, 7) is 1.96. The van der Waals surface area contributed by atoms with Gasteiger partial charge in [-0.15, -0.1) is 4.91 Å². The van der Waals surface area contributed by atoms with Gasteiger partial charge in [0.25, 0.3) is 0 Å². The molecule has 3 aromatic rings. The van der Waals surface area contributed by atoms with Crippen molar-refractivity contribution < 1.29 is 0 Å². The summed E-state index contributed by atoms with van der Waals surface area (Å²) in [5, 5.41) is 5.33. The molecule has 3 rings (SSSR count). The molecular weight excluding hydrogens is 248 g/mol. The highest BCUT2D eigenvalue weighted by Crippen LogP contribution is 2.39. The Morgan fingerprint density at radius 3 is 2.50 bits per heavy atom. The van der Waals surface area contributed by atoms with Gasteiger partial charge < -0.3 is 5.73 Å². The molecule has 98 valence electrons. The van der Waals surface area contributed by atoms with Crippen molar-refractivity contribution in [2.24, 2.45) is 5.18 Å². The van der Waals surface area contributed by atoms with Gasteiger partial charge in [-0.05, 0) is 46.1 Å². The maximum absolute atomic E-state index is 11.1. The van der Waals surface area contributed by atoms with Crippen LogP contribution in [0.3, 0.4) is 0 Å². The molecule has 0 amide bonds. The molecule has 0 unspecified atom stereocenters. The summed E-state index contributed by atoms with van der Waals surface area (Å²) >= 11 is 0. The van der Waals surface area contributed by atoms with Crippen molar-refractivity contribution in [2.45, 2.75) is 6.92 Å². The zero-order valence-corrected chi connectivity index (χ0v) is 11.1. The van der Waals surface area contributed by atoms with E-state index < -0.39 is 0 Å². The summed E-state index contributed by atoms with van der Waals surface area (Å²) in [6, 6.07) is 17.8. The summed E-state index contributed by atoms with van der Waals surface area (Å²) in [4.78, 5) is 11.1. The molecule has 3 heteroatoms. The van der Waals surface area contributed by atoms with E-state index in [4.69, 9.17) is 5.73 Å². The Bertz CT molecular complexity index is 804. The van der Waals surface area contributed by atoms with Crippen LogP contribution in [0, 0.1) is 11.8 Å². The highest BCUT2D eigenvalue weighted by molar-refractivity contribution is 6.00. The Morgan fingerprint density at radius 1 is 0.950 bits per heavy atom. The SMILES string of the molecule is Cc1cc(N)c(N=O)c(-c2cccc3ccccc23)c1. The number of fused-ring (bicyclic) bond motifs is 1. The monoisotopic (exact) mass is 262 g/mol. The van der Waals surface area contributed by atoms with Crippen molar-refractivity contribution in [2.75, 3.05) is 5.73 Å². The normalized spacial score (nSPS) is 10.7. The lowest BCUT2D eigenvalue weighted by Gasteiger charge is -2.11. The molecule has 0 aliphatic carbocycles. The molecule has 0 fully saturated rings. The van der Waals surface area contributed by atoms with Gasteiger partial charge in [0.1, 0.15) is 5.69 Å². The number of rotatable bonds is 2. The van der Waals surface area contributed by atoms with Gasteiger partial charge in [0.2, 0.25) is 0 Å². The van der Waals surface area contributed by atoms with Gasteiger partial charge in [-0.25, -0.2) is 0 Å². The van der Waals surface area contributed by atoms with Crippen LogP contribution in [0.5, 0.6) is 0 Å². The van der Waals surface area contributed by atoms with Crippen molar-refractivity contribution in [3.63, 3.8) is 0 Å². The Labute approximate surface area is 117 Å². The van der Waals surface area contributed by atoms with Gasteiger partial charge in [0.15, 0.2) is 0 Å². The van der Waals surface area contributed by atoms with Crippen molar-refractivity contribution in [1.29, 1.82) is 0 Å². The average Bonchev–Trinajstić information content (AvgIpc) is 2.46. The van der Waals surface area contributed by atoms with Crippen LogP contribution < -0.4 is 5.73 Å². The molecule has 3 nitrogen and oxygen atoms in total. The maximum atomic E-state index is 11.1. The third-order valence-corrected chi connectivity index (χ3v) is 3.45. The van der Waals surface area contributed by atoms with Crippen LogP contribution >= 0.6 is 0 Å². The lowest BCUT2D eigenvalue weighted by molar-refractivity contribution is 1.42. The minimum atomic E-state index is 0.312. The number of aryl methyl sites for hydroxylation is 1. The lowest BCUT2D eigenvalue weighted by atomic mass is 9.95. The number of hydrogen-bond donors (Lipinski definition) is 1. The van der Waals surface area contributed by atoms with Crippen molar-refractivity contribution in [3.05, 3.63) is 65.1 Å². The number of benzene rings is 3. The fraction of sp³-hybridized carbons (Fsp3) is 0.0588. The molecule has 0 atom stereocenters. The first-order valence-electron chi connectivity index (χ1n) is 6.42. The second-order valence-electron chi connectivity index (χ2n) is 4.87. The van der Waals surface area contributed by atoms with Crippen molar-refractivity contribution >= 4 is 22.1 Å². The first-order valence-corrected chi connectivity index (χ1v) is 6.42. The summed E-state index contributed by atoms with van der Waals surface area (Å²) in [5.41, 5.74) is 9.43. The quantitative estimate of drug-likeness (QED) is 0.533. The van der Waals surface area contributed by atoms with E-state index >= 15 is 0 Å². The lowest BCUT2D eigenvalue weighted by Crippen LogP contribution is -1.91. The van der Waals surface area contributed by atoms with E-state index in [0.29, 0.717) is 11.4 Å². The summed E-state index contributed by atoms with van der Waals surface area (Å²) in [5.74, 6) is 0. The molecule has 20 heavy (non-hydrogen) atoms. The highest BCUT2D eigenvalue weighted by atomic mass is 16.3. The van der Waals surface area contributed by atoms with E-state index in [-0.39, 0.29) is 0 Å². The van der Waals surface area contributed by atoms with Crippen LogP contribution in [-0.2, 0) is 0 Å². The van der Waals surface area contributed by atoms with E-state index in [0.717, 1.165) is 27.5 Å². The van der Waals surface area contributed by atoms with Crippen LogP contribution in [0.15, 0.2) is 59.8 Å². The van der Waals surface area contributed by atoms with Crippen LogP contribution in [0.2, 0.25) is 0 Å². The van der Waals surface area contributed by atoms with Crippen LogP contribution in [-0.4, -0.2) is 0 Å². The second-order valence-corrected chi connectivity index (χ2v) is 4.87. The molecule has 0 bridgehead atoms. The fourth-order valence-electron chi connectivity index (χ4n) is 2.57. The molecule has 0 radical (unpaired) electrons. The standard InChI is InChI=1S/C17H14N2O/c1-11-9-15(17(19-20)16(18)10-11)14-8-4-6-12-5-2-3-7-13(12)14/h2-10H,18H2,1H3. The third-order valence-electron chi connectivity index (χ3n) is 3.45. The molecule has 0 aromatic heterocycles.